The van der Waals surface area contributed by atoms with Crippen LogP contribution in [-0.2, 0) is 5.60 Å². The van der Waals surface area contributed by atoms with Crippen LogP contribution in [0, 0.1) is 0 Å². The van der Waals surface area contributed by atoms with Crippen molar-refractivity contribution < 1.29 is 10.2 Å². The van der Waals surface area contributed by atoms with Gasteiger partial charge in [-0.2, -0.15) is 0 Å². The Morgan fingerprint density at radius 1 is 0.882 bits per heavy atom. The van der Waals surface area contributed by atoms with Gasteiger partial charge in [-0.1, -0.05) is 60.7 Å². The van der Waals surface area contributed by atoms with Crippen molar-refractivity contribution in [3.05, 3.63) is 71.8 Å². The van der Waals surface area contributed by atoms with Crippen LogP contribution in [0.15, 0.2) is 60.7 Å². The molecule has 2 heteroatoms. The quantitative estimate of drug-likeness (QED) is 0.847. The Kier molecular flexibility index (Phi) is 3.27. The van der Waals surface area contributed by atoms with Gasteiger partial charge in [-0.25, -0.2) is 0 Å². The van der Waals surface area contributed by atoms with Crippen LogP contribution in [0.25, 0.3) is 0 Å². The van der Waals surface area contributed by atoms with Gasteiger partial charge in [0, 0.05) is 0 Å². The van der Waals surface area contributed by atoms with Gasteiger partial charge in [0.05, 0.1) is 0 Å². The maximum atomic E-state index is 10.5. The molecular weight excluding hydrogens is 212 g/mol. The summed E-state index contributed by atoms with van der Waals surface area (Å²) in [4.78, 5) is 0. The van der Waals surface area contributed by atoms with Gasteiger partial charge < -0.3 is 10.2 Å². The lowest BCUT2D eigenvalue weighted by atomic mass is 9.86. The number of hydrogen-bond donors (Lipinski definition) is 2. The molecule has 0 aromatic heterocycles. The molecule has 0 spiro atoms. The summed E-state index contributed by atoms with van der Waals surface area (Å²) in [6.45, 7) is 1.62. The minimum Gasteiger partial charge on any atom is -0.385 e. The van der Waals surface area contributed by atoms with E-state index in [1.165, 1.54) is 0 Å². The number of aliphatic hydroxyl groups is 2. The van der Waals surface area contributed by atoms with Gasteiger partial charge in [-0.3, -0.25) is 0 Å². The summed E-state index contributed by atoms with van der Waals surface area (Å²) in [5, 5.41) is 20.7. The second kappa shape index (κ2) is 4.70. The van der Waals surface area contributed by atoms with E-state index in [2.05, 4.69) is 0 Å². The van der Waals surface area contributed by atoms with Crippen LogP contribution in [0.4, 0.5) is 0 Å². The molecule has 0 heterocycles. The monoisotopic (exact) mass is 228 g/mol. The molecule has 2 rings (SSSR count). The van der Waals surface area contributed by atoms with Crippen LogP contribution in [0.1, 0.15) is 24.2 Å². The van der Waals surface area contributed by atoms with E-state index in [0.717, 1.165) is 0 Å². The zero-order valence-electron chi connectivity index (χ0n) is 9.75. The Labute approximate surface area is 101 Å². The third kappa shape index (κ3) is 2.38. The molecule has 0 saturated carbocycles. The fourth-order valence-corrected chi connectivity index (χ4v) is 1.89. The Bertz CT molecular complexity index is 463. The van der Waals surface area contributed by atoms with E-state index in [4.69, 9.17) is 0 Å². The van der Waals surface area contributed by atoms with E-state index in [-0.39, 0.29) is 0 Å². The minimum atomic E-state index is -1.29. The average molecular weight is 228 g/mol. The second-order valence-electron chi connectivity index (χ2n) is 4.33. The SMILES string of the molecule is C[C@](O)(c1ccccc1)C(O)c1ccccc1. The molecule has 2 aromatic carbocycles. The lowest BCUT2D eigenvalue weighted by molar-refractivity contribution is -0.0690. The highest BCUT2D eigenvalue weighted by molar-refractivity contribution is 5.28. The molecule has 0 saturated heterocycles. The molecule has 88 valence electrons. The number of rotatable bonds is 3. The van der Waals surface area contributed by atoms with Gasteiger partial charge in [0.15, 0.2) is 0 Å². The third-order valence-corrected chi connectivity index (χ3v) is 3.01. The predicted octanol–water partition coefficient (Wildman–Crippen LogP) is 2.63. The second-order valence-corrected chi connectivity index (χ2v) is 4.33. The van der Waals surface area contributed by atoms with Crippen molar-refractivity contribution >= 4 is 0 Å². The molecule has 0 fully saturated rings. The lowest BCUT2D eigenvalue weighted by Gasteiger charge is -2.29. The average Bonchev–Trinajstić information content (AvgIpc) is 2.40. The summed E-state index contributed by atoms with van der Waals surface area (Å²) in [5.74, 6) is 0. The Morgan fingerprint density at radius 3 is 1.88 bits per heavy atom. The molecule has 0 amide bonds. The molecule has 2 aromatic rings. The topological polar surface area (TPSA) is 40.5 Å². The van der Waals surface area contributed by atoms with Gasteiger partial charge in [-0.15, -0.1) is 0 Å². The summed E-state index contributed by atoms with van der Waals surface area (Å²) in [7, 11) is 0. The molecule has 0 radical (unpaired) electrons. The van der Waals surface area contributed by atoms with Crippen LogP contribution in [0.3, 0.4) is 0 Å². The summed E-state index contributed by atoms with van der Waals surface area (Å²) < 4.78 is 0. The fraction of sp³-hybridized carbons (Fsp3) is 0.200. The number of hydrogen-bond acceptors (Lipinski definition) is 2. The van der Waals surface area contributed by atoms with Crippen molar-refractivity contribution in [2.24, 2.45) is 0 Å². The molecule has 0 bridgehead atoms. The number of benzene rings is 2. The van der Waals surface area contributed by atoms with Gasteiger partial charge in [0.1, 0.15) is 11.7 Å². The van der Waals surface area contributed by atoms with Crippen LogP contribution in [0.5, 0.6) is 0 Å². The Balaban J connectivity index is 2.33. The van der Waals surface area contributed by atoms with Crippen molar-refractivity contribution in [2.45, 2.75) is 18.6 Å². The molecule has 2 atom stereocenters. The molecular formula is C15H16O2. The van der Waals surface area contributed by atoms with Crippen molar-refractivity contribution in [1.82, 2.24) is 0 Å². The van der Waals surface area contributed by atoms with Crippen LogP contribution in [-0.4, -0.2) is 10.2 Å². The molecule has 17 heavy (non-hydrogen) atoms. The summed E-state index contributed by atoms with van der Waals surface area (Å²) in [6, 6.07) is 18.4. The maximum absolute atomic E-state index is 10.5. The summed E-state index contributed by atoms with van der Waals surface area (Å²) >= 11 is 0. The molecule has 0 aliphatic rings. The molecule has 2 nitrogen and oxygen atoms in total. The lowest BCUT2D eigenvalue weighted by Crippen LogP contribution is -2.29. The highest BCUT2D eigenvalue weighted by Gasteiger charge is 2.33. The summed E-state index contributed by atoms with van der Waals surface area (Å²) in [5.41, 5.74) is 0.125. The van der Waals surface area contributed by atoms with E-state index < -0.39 is 11.7 Å². The Morgan fingerprint density at radius 2 is 1.35 bits per heavy atom. The third-order valence-electron chi connectivity index (χ3n) is 3.01. The number of aliphatic hydroxyl groups excluding tert-OH is 1. The largest absolute Gasteiger partial charge is 0.385 e. The minimum absolute atomic E-state index is 0.705. The fourth-order valence-electron chi connectivity index (χ4n) is 1.89. The predicted molar refractivity (Wildman–Crippen MR) is 67.4 cm³/mol. The maximum Gasteiger partial charge on any atom is 0.117 e. The van der Waals surface area contributed by atoms with E-state index in [1.807, 2.05) is 60.7 Å². The zero-order chi connectivity index (χ0) is 12.3. The van der Waals surface area contributed by atoms with Gasteiger partial charge in [0.25, 0.3) is 0 Å². The van der Waals surface area contributed by atoms with Crippen molar-refractivity contribution in [1.29, 1.82) is 0 Å². The first kappa shape index (κ1) is 11.8. The van der Waals surface area contributed by atoms with E-state index in [9.17, 15) is 10.2 Å². The first-order chi connectivity index (χ1) is 8.12. The normalized spacial score (nSPS) is 16.2. The van der Waals surface area contributed by atoms with E-state index in [0.29, 0.717) is 11.1 Å². The molecule has 1 unspecified atom stereocenters. The van der Waals surface area contributed by atoms with Gasteiger partial charge in [0.2, 0.25) is 0 Å². The smallest absolute Gasteiger partial charge is 0.117 e. The van der Waals surface area contributed by atoms with Crippen LogP contribution in [0.2, 0.25) is 0 Å². The van der Waals surface area contributed by atoms with Crippen molar-refractivity contribution in [2.75, 3.05) is 0 Å². The zero-order valence-corrected chi connectivity index (χ0v) is 9.75. The van der Waals surface area contributed by atoms with Crippen LogP contribution >= 0.6 is 0 Å². The van der Waals surface area contributed by atoms with Gasteiger partial charge >= 0.3 is 0 Å². The van der Waals surface area contributed by atoms with E-state index in [1.54, 1.807) is 6.92 Å². The van der Waals surface area contributed by atoms with Crippen molar-refractivity contribution in [3.63, 3.8) is 0 Å². The first-order valence-corrected chi connectivity index (χ1v) is 5.63. The van der Waals surface area contributed by atoms with Crippen molar-refractivity contribution in [3.8, 4) is 0 Å². The summed E-state index contributed by atoms with van der Waals surface area (Å²) in [6.07, 6.45) is -0.939. The molecule has 0 aliphatic heterocycles. The highest BCUT2D eigenvalue weighted by atomic mass is 16.3. The standard InChI is InChI=1S/C15H16O2/c1-15(17,13-10-6-3-7-11-13)14(16)12-8-4-2-5-9-12/h2-11,14,16-17H,1H3/t14?,15-/m0/s1. The van der Waals surface area contributed by atoms with Crippen LogP contribution < -0.4 is 0 Å². The Hall–Kier alpha value is -1.64. The first-order valence-electron chi connectivity index (χ1n) is 5.63. The van der Waals surface area contributed by atoms with E-state index >= 15 is 0 Å². The highest BCUT2D eigenvalue weighted by Crippen LogP contribution is 2.34. The van der Waals surface area contributed by atoms with Gasteiger partial charge in [-0.05, 0) is 18.1 Å². The molecule has 2 N–H and O–H groups in total. The molecule has 0 aliphatic carbocycles.